The van der Waals surface area contributed by atoms with Crippen LogP contribution in [0.1, 0.15) is 58.9 Å². The van der Waals surface area contributed by atoms with Crippen molar-refractivity contribution in [1.82, 2.24) is 20.9 Å². The zero-order valence-electron chi connectivity index (χ0n) is 19.5. The van der Waals surface area contributed by atoms with Gasteiger partial charge < -0.3 is 26.2 Å². The number of urea groups is 1. The Balaban J connectivity index is 0.00000480. The maximum Gasteiger partial charge on any atom is 0.319 e. The van der Waals surface area contributed by atoms with E-state index in [1.54, 1.807) is 0 Å². The predicted octanol–water partition coefficient (Wildman–Crippen LogP) is 4.15. The molecule has 1 aromatic carbocycles. The Bertz CT molecular complexity index is 665. The van der Waals surface area contributed by atoms with Gasteiger partial charge in [0.2, 0.25) is 0 Å². The summed E-state index contributed by atoms with van der Waals surface area (Å²) in [5, 5.41) is 12.4. The maximum atomic E-state index is 11.8. The number of rotatable bonds is 9. The predicted molar refractivity (Wildman–Crippen MR) is 141 cm³/mol. The Kier molecular flexibility index (Phi) is 13.6. The van der Waals surface area contributed by atoms with E-state index in [0.717, 1.165) is 49.3 Å². The van der Waals surface area contributed by atoms with Crippen molar-refractivity contribution in [2.75, 3.05) is 31.5 Å². The second-order valence-corrected chi connectivity index (χ2v) is 8.31. The average molecular weight is 545 g/mol. The van der Waals surface area contributed by atoms with Crippen LogP contribution in [0.25, 0.3) is 0 Å². The number of nitrogens with zero attached hydrogens (tertiary/aromatic N) is 2. The third kappa shape index (κ3) is 11.0. The standard InChI is InChI=1S/C23H40N6O.HI/c1-5-24-22(25-14-8-16-29-15-7-6-9-19(29)4)26-17-20-10-12-21(13-11-20)28-23(30)27-18(2)3;/h10-13,18-19H,5-9,14-17H2,1-4H3,(H2,24,25,26)(H2,27,28,30);1H. The number of carbonyl (C=O) groups is 1. The van der Waals surface area contributed by atoms with Gasteiger partial charge >= 0.3 is 6.03 Å². The summed E-state index contributed by atoms with van der Waals surface area (Å²) in [6.07, 6.45) is 5.15. The van der Waals surface area contributed by atoms with Crippen molar-refractivity contribution in [2.45, 2.75) is 72.0 Å². The molecule has 2 amide bonds. The number of piperidine rings is 1. The SMILES string of the molecule is CCNC(=NCc1ccc(NC(=O)NC(C)C)cc1)NCCCN1CCCCC1C.I. The van der Waals surface area contributed by atoms with Gasteiger partial charge in [-0.25, -0.2) is 9.79 Å². The summed E-state index contributed by atoms with van der Waals surface area (Å²) < 4.78 is 0. The van der Waals surface area contributed by atoms with Gasteiger partial charge in [-0.05, 0) is 71.2 Å². The molecule has 1 unspecified atom stereocenters. The van der Waals surface area contributed by atoms with E-state index in [1.807, 2.05) is 38.1 Å². The summed E-state index contributed by atoms with van der Waals surface area (Å²) in [4.78, 5) is 19.1. The van der Waals surface area contributed by atoms with Gasteiger partial charge in [-0.3, -0.25) is 0 Å². The highest BCUT2D eigenvalue weighted by atomic mass is 127. The summed E-state index contributed by atoms with van der Waals surface area (Å²) in [5.74, 6) is 0.850. The van der Waals surface area contributed by atoms with Crippen molar-refractivity contribution in [3.05, 3.63) is 29.8 Å². The number of hydrogen-bond acceptors (Lipinski definition) is 3. The summed E-state index contributed by atoms with van der Waals surface area (Å²) in [6, 6.07) is 8.45. The molecule has 1 fully saturated rings. The minimum absolute atomic E-state index is 0. The average Bonchev–Trinajstić information content (AvgIpc) is 2.71. The number of halogens is 1. The van der Waals surface area contributed by atoms with E-state index in [2.05, 4.69) is 40.0 Å². The number of carbonyl (C=O) groups excluding carboxylic acids is 1. The van der Waals surface area contributed by atoms with Gasteiger partial charge in [0.15, 0.2) is 5.96 Å². The first-order valence-electron chi connectivity index (χ1n) is 11.4. The zero-order chi connectivity index (χ0) is 21.8. The third-order valence-electron chi connectivity index (χ3n) is 5.25. The van der Waals surface area contributed by atoms with Crippen molar-refractivity contribution in [1.29, 1.82) is 0 Å². The van der Waals surface area contributed by atoms with Gasteiger partial charge in [0, 0.05) is 37.4 Å². The highest BCUT2D eigenvalue weighted by molar-refractivity contribution is 14.0. The molecule has 0 saturated carbocycles. The lowest BCUT2D eigenvalue weighted by Crippen LogP contribution is -2.41. The minimum atomic E-state index is -0.187. The Morgan fingerprint density at radius 3 is 2.58 bits per heavy atom. The number of nitrogens with one attached hydrogen (secondary N) is 4. The van der Waals surface area contributed by atoms with Crippen LogP contribution in [-0.2, 0) is 6.54 Å². The van der Waals surface area contributed by atoms with E-state index in [4.69, 9.17) is 4.99 Å². The van der Waals surface area contributed by atoms with E-state index in [9.17, 15) is 4.79 Å². The molecule has 1 atom stereocenters. The summed E-state index contributed by atoms with van der Waals surface area (Å²) >= 11 is 0. The molecule has 0 spiro atoms. The summed E-state index contributed by atoms with van der Waals surface area (Å²) in [5.41, 5.74) is 1.88. The highest BCUT2D eigenvalue weighted by Crippen LogP contribution is 2.16. The van der Waals surface area contributed by atoms with Crippen LogP contribution < -0.4 is 21.3 Å². The van der Waals surface area contributed by atoms with Crippen LogP contribution in [-0.4, -0.2) is 55.2 Å². The molecule has 31 heavy (non-hydrogen) atoms. The molecule has 1 saturated heterocycles. The number of aliphatic imine (C=N–C) groups is 1. The Morgan fingerprint density at radius 1 is 1.19 bits per heavy atom. The molecule has 1 heterocycles. The van der Waals surface area contributed by atoms with Crippen molar-refractivity contribution in [3.8, 4) is 0 Å². The van der Waals surface area contributed by atoms with Gasteiger partial charge in [-0.2, -0.15) is 0 Å². The Labute approximate surface area is 205 Å². The van der Waals surface area contributed by atoms with Crippen molar-refractivity contribution in [2.24, 2.45) is 4.99 Å². The number of benzene rings is 1. The summed E-state index contributed by atoms with van der Waals surface area (Å²) in [7, 11) is 0. The van der Waals surface area contributed by atoms with Crippen LogP contribution in [0.3, 0.4) is 0 Å². The van der Waals surface area contributed by atoms with Gasteiger partial charge in [0.1, 0.15) is 0 Å². The minimum Gasteiger partial charge on any atom is -0.357 e. The lowest BCUT2D eigenvalue weighted by atomic mass is 10.0. The molecule has 7 nitrogen and oxygen atoms in total. The summed E-state index contributed by atoms with van der Waals surface area (Å²) in [6.45, 7) is 13.0. The van der Waals surface area contributed by atoms with Crippen LogP contribution in [0.15, 0.2) is 29.3 Å². The second kappa shape index (κ2) is 15.3. The first-order valence-corrected chi connectivity index (χ1v) is 11.4. The fraction of sp³-hybridized carbons (Fsp3) is 0.652. The fourth-order valence-electron chi connectivity index (χ4n) is 3.61. The number of amides is 2. The fourth-order valence-corrected chi connectivity index (χ4v) is 3.61. The van der Waals surface area contributed by atoms with E-state index in [1.165, 1.54) is 25.8 Å². The second-order valence-electron chi connectivity index (χ2n) is 8.31. The molecule has 176 valence electrons. The maximum absolute atomic E-state index is 11.8. The van der Waals surface area contributed by atoms with Gasteiger partial charge in [0.05, 0.1) is 6.54 Å². The molecule has 0 bridgehead atoms. The van der Waals surface area contributed by atoms with Crippen LogP contribution in [0, 0.1) is 0 Å². The van der Waals surface area contributed by atoms with E-state index >= 15 is 0 Å². The topological polar surface area (TPSA) is 80.8 Å². The number of guanidine groups is 1. The highest BCUT2D eigenvalue weighted by Gasteiger charge is 2.17. The van der Waals surface area contributed by atoms with Crippen LogP contribution >= 0.6 is 24.0 Å². The molecule has 1 aromatic rings. The first kappa shape index (κ1) is 27.5. The van der Waals surface area contributed by atoms with Gasteiger partial charge in [-0.1, -0.05) is 18.6 Å². The van der Waals surface area contributed by atoms with Crippen molar-refractivity contribution in [3.63, 3.8) is 0 Å². The van der Waals surface area contributed by atoms with Crippen molar-refractivity contribution >= 4 is 41.7 Å². The number of anilines is 1. The molecular weight excluding hydrogens is 503 g/mol. The molecule has 1 aliphatic rings. The van der Waals surface area contributed by atoms with Crippen LogP contribution in [0.5, 0.6) is 0 Å². The lowest BCUT2D eigenvalue weighted by Gasteiger charge is -2.33. The normalized spacial score (nSPS) is 17.1. The number of hydrogen-bond donors (Lipinski definition) is 4. The molecule has 0 aromatic heterocycles. The first-order chi connectivity index (χ1) is 14.5. The molecule has 0 radical (unpaired) electrons. The molecule has 0 aliphatic carbocycles. The van der Waals surface area contributed by atoms with E-state index < -0.39 is 0 Å². The molecule has 8 heteroatoms. The van der Waals surface area contributed by atoms with Gasteiger partial charge in [-0.15, -0.1) is 24.0 Å². The largest absolute Gasteiger partial charge is 0.357 e. The van der Waals surface area contributed by atoms with Crippen molar-refractivity contribution < 1.29 is 4.79 Å². The monoisotopic (exact) mass is 544 g/mol. The molecule has 2 rings (SSSR count). The van der Waals surface area contributed by atoms with Gasteiger partial charge in [0.25, 0.3) is 0 Å². The van der Waals surface area contributed by atoms with Crippen LogP contribution in [0.2, 0.25) is 0 Å². The van der Waals surface area contributed by atoms with E-state index in [0.29, 0.717) is 6.54 Å². The molecular formula is C23H41IN6O. The van der Waals surface area contributed by atoms with Crippen LogP contribution in [0.4, 0.5) is 10.5 Å². The quantitative estimate of drug-likeness (QED) is 0.163. The Hall–Kier alpha value is -1.55. The molecule has 4 N–H and O–H groups in total. The lowest BCUT2D eigenvalue weighted by molar-refractivity contribution is 0.159. The Morgan fingerprint density at radius 2 is 1.94 bits per heavy atom. The third-order valence-corrected chi connectivity index (χ3v) is 5.25. The smallest absolute Gasteiger partial charge is 0.319 e. The molecule has 1 aliphatic heterocycles. The number of likely N-dealkylation sites (tertiary alicyclic amines) is 1. The zero-order valence-corrected chi connectivity index (χ0v) is 21.9. The van der Waals surface area contributed by atoms with E-state index in [-0.39, 0.29) is 36.0 Å².